The molecule has 0 rings (SSSR count). The number of hydrogen-bond donors (Lipinski definition) is 1. The molecule has 1 N–H and O–H groups in total. The lowest BCUT2D eigenvalue weighted by molar-refractivity contribution is -0.119. The molecule has 0 saturated carbocycles. The second kappa shape index (κ2) is 9.72. The highest BCUT2D eigenvalue weighted by molar-refractivity contribution is 5.78. The zero-order valence-electron chi connectivity index (χ0n) is 8.72. The average Bonchev–Trinajstić information content (AvgIpc) is 2.13. The van der Waals surface area contributed by atoms with Crippen LogP contribution in [0.1, 0.15) is 58.3 Å². The Morgan fingerprint density at radius 2 is 1.62 bits per heavy atom. The molecule has 0 fully saturated rings. The van der Waals surface area contributed by atoms with Crippen molar-refractivity contribution >= 4 is 5.78 Å². The second-order valence-electron chi connectivity index (χ2n) is 3.53. The lowest BCUT2D eigenvalue weighted by Crippen LogP contribution is -1.97. The van der Waals surface area contributed by atoms with Gasteiger partial charge in [0, 0.05) is 19.4 Å². The lowest BCUT2D eigenvalue weighted by atomic mass is 10.1. The summed E-state index contributed by atoms with van der Waals surface area (Å²) in [5.41, 5.74) is 0. The molecular formula is C11H22O2. The number of carbonyl (C=O) groups is 1. The van der Waals surface area contributed by atoms with Crippen LogP contribution < -0.4 is 0 Å². The molecular weight excluding hydrogens is 164 g/mol. The summed E-state index contributed by atoms with van der Waals surface area (Å²) in [6, 6.07) is 0. The third-order valence-electron chi connectivity index (χ3n) is 2.17. The lowest BCUT2D eigenvalue weighted by Gasteiger charge is -1.99. The van der Waals surface area contributed by atoms with E-state index in [9.17, 15) is 4.79 Å². The first-order valence-electron chi connectivity index (χ1n) is 5.43. The molecule has 0 saturated heterocycles. The molecule has 0 aromatic heterocycles. The SMILES string of the molecule is CCCCCC(=O)CCCCCO. The monoisotopic (exact) mass is 186 g/mol. The van der Waals surface area contributed by atoms with Gasteiger partial charge in [-0.05, 0) is 19.3 Å². The van der Waals surface area contributed by atoms with Gasteiger partial charge in [0.2, 0.25) is 0 Å². The van der Waals surface area contributed by atoms with Gasteiger partial charge in [-0.1, -0.05) is 26.2 Å². The van der Waals surface area contributed by atoms with Crippen LogP contribution in [0, 0.1) is 0 Å². The highest BCUT2D eigenvalue weighted by atomic mass is 16.2. The van der Waals surface area contributed by atoms with Gasteiger partial charge in [-0.25, -0.2) is 0 Å². The fourth-order valence-corrected chi connectivity index (χ4v) is 1.31. The van der Waals surface area contributed by atoms with E-state index in [1.165, 1.54) is 12.8 Å². The first-order valence-corrected chi connectivity index (χ1v) is 5.43. The number of ketones is 1. The molecule has 78 valence electrons. The van der Waals surface area contributed by atoms with Crippen molar-refractivity contribution in [3.05, 3.63) is 0 Å². The van der Waals surface area contributed by atoms with Crippen LogP contribution in [0.2, 0.25) is 0 Å². The van der Waals surface area contributed by atoms with Crippen LogP contribution in [-0.4, -0.2) is 17.5 Å². The molecule has 2 nitrogen and oxygen atoms in total. The van der Waals surface area contributed by atoms with Crippen molar-refractivity contribution in [1.82, 2.24) is 0 Å². The molecule has 0 aliphatic rings. The summed E-state index contributed by atoms with van der Waals surface area (Å²) in [7, 11) is 0. The van der Waals surface area contributed by atoms with E-state index < -0.39 is 0 Å². The highest BCUT2D eigenvalue weighted by Gasteiger charge is 2.00. The van der Waals surface area contributed by atoms with Gasteiger partial charge in [0.1, 0.15) is 5.78 Å². The van der Waals surface area contributed by atoms with Gasteiger partial charge >= 0.3 is 0 Å². The molecule has 0 aromatic carbocycles. The summed E-state index contributed by atoms with van der Waals surface area (Å²) < 4.78 is 0. The van der Waals surface area contributed by atoms with Crippen LogP contribution in [0.5, 0.6) is 0 Å². The Balaban J connectivity index is 3.11. The second-order valence-corrected chi connectivity index (χ2v) is 3.53. The zero-order valence-corrected chi connectivity index (χ0v) is 8.72. The standard InChI is InChI=1S/C11H22O2/c1-2-3-5-8-11(13)9-6-4-7-10-12/h12H,2-10H2,1H3. The van der Waals surface area contributed by atoms with Gasteiger partial charge < -0.3 is 5.11 Å². The van der Waals surface area contributed by atoms with Crippen molar-refractivity contribution in [1.29, 1.82) is 0 Å². The van der Waals surface area contributed by atoms with E-state index in [0.717, 1.165) is 32.1 Å². The van der Waals surface area contributed by atoms with Crippen LogP contribution in [0.4, 0.5) is 0 Å². The topological polar surface area (TPSA) is 37.3 Å². The average molecular weight is 186 g/mol. The summed E-state index contributed by atoms with van der Waals surface area (Å²) in [4.78, 5) is 11.2. The molecule has 2 heteroatoms. The van der Waals surface area contributed by atoms with Crippen molar-refractivity contribution in [2.24, 2.45) is 0 Å². The number of hydrogen-bond acceptors (Lipinski definition) is 2. The van der Waals surface area contributed by atoms with Crippen molar-refractivity contribution in [3.8, 4) is 0 Å². The predicted molar refractivity (Wildman–Crippen MR) is 54.7 cm³/mol. The van der Waals surface area contributed by atoms with Crippen LogP contribution in [0.15, 0.2) is 0 Å². The van der Waals surface area contributed by atoms with Crippen LogP contribution in [0.25, 0.3) is 0 Å². The quantitative estimate of drug-likeness (QED) is 0.562. The molecule has 0 aromatic rings. The Kier molecular flexibility index (Phi) is 9.44. The summed E-state index contributed by atoms with van der Waals surface area (Å²) in [5.74, 6) is 0.395. The predicted octanol–water partition coefficient (Wildman–Crippen LogP) is 2.69. The van der Waals surface area contributed by atoms with Gasteiger partial charge in [0.25, 0.3) is 0 Å². The summed E-state index contributed by atoms with van der Waals surface area (Å²) in [6.07, 6.45) is 7.63. The molecule has 0 bridgehead atoms. The van der Waals surface area contributed by atoms with Crippen LogP contribution >= 0.6 is 0 Å². The minimum absolute atomic E-state index is 0.254. The minimum atomic E-state index is 0.254. The number of aliphatic hydroxyl groups is 1. The summed E-state index contributed by atoms with van der Waals surface area (Å²) >= 11 is 0. The Hall–Kier alpha value is -0.370. The van der Waals surface area contributed by atoms with E-state index in [-0.39, 0.29) is 6.61 Å². The maximum Gasteiger partial charge on any atom is 0.132 e. The van der Waals surface area contributed by atoms with E-state index in [0.29, 0.717) is 12.2 Å². The fourth-order valence-electron chi connectivity index (χ4n) is 1.31. The molecule has 0 aliphatic heterocycles. The molecule has 0 spiro atoms. The van der Waals surface area contributed by atoms with Gasteiger partial charge in [-0.3, -0.25) is 4.79 Å². The third-order valence-corrected chi connectivity index (χ3v) is 2.17. The molecule has 13 heavy (non-hydrogen) atoms. The molecule has 0 radical (unpaired) electrons. The Labute approximate surface area is 81.3 Å². The Morgan fingerprint density at radius 3 is 2.15 bits per heavy atom. The van der Waals surface area contributed by atoms with Crippen molar-refractivity contribution in [2.75, 3.05) is 6.61 Å². The van der Waals surface area contributed by atoms with Crippen LogP contribution in [0.3, 0.4) is 0 Å². The number of carbonyl (C=O) groups excluding carboxylic acids is 1. The maximum atomic E-state index is 11.2. The van der Waals surface area contributed by atoms with Crippen molar-refractivity contribution in [2.45, 2.75) is 58.3 Å². The van der Waals surface area contributed by atoms with Crippen molar-refractivity contribution in [3.63, 3.8) is 0 Å². The van der Waals surface area contributed by atoms with E-state index >= 15 is 0 Å². The zero-order chi connectivity index (χ0) is 9.94. The third kappa shape index (κ3) is 9.54. The minimum Gasteiger partial charge on any atom is -0.396 e. The number of rotatable bonds is 9. The summed E-state index contributed by atoms with van der Waals surface area (Å²) in [6.45, 7) is 2.40. The van der Waals surface area contributed by atoms with Gasteiger partial charge in [0.05, 0.1) is 0 Å². The van der Waals surface area contributed by atoms with Gasteiger partial charge in [0.15, 0.2) is 0 Å². The normalized spacial score (nSPS) is 10.3. The smallest absolute Gasteiger partial charge is 0.132 e. The molecule has 0 heterocycles. The van der Waals surface area contributed by atoms with E-state index in [4.69, 9.17) is 5.11 Å². The fraction of sp³-hybridized carbons (Fsp3) is 0.909. The Morgan fingerprint density at radius 1 is 1.00 bits per heavy atom. The van der Waals surface area contributed by atoms with Gasteiger partial charge in [-0.15, -0.1) is 0 Å². The molecule has 0 aliphatic carbocycles. The molecule has 0 unspecified atom stereocenters. The highest BCUT2D eigenvalue weighted by Crippen LogP contribution is 2.06. The van der Waals surface area contributed by atoms with Crippen LogP contribution in [-0.2, 0) is 4.79 Å². The van der Waals surface area contributed by atoms with E-state index in [2.05, 4.69) is 6.92 Å². The first kappa shape index (κ1) is 12.6. The van der Waals surface area contributed by atoms with E-state index in [1.807, 2.05) is 0 Å². The largest absolute Gasteiger partial charge is 0.396 e. The van der Waals surface area contributed by atoms with Gasteiger partial charge in [-0.2, -0.15) is 0 Å². The number of unbranched alkanes of at least 4 members (excludes halogenated alkanes) is 4. The number of aliphatic hydroxyl groups excluding tert-OH is 1. The van der Waals surface area contributed by atoms with Crippen molar-refractivity contribution < 1.29 is 9.90 Å². The number of Topliss-reactive ketones (excluding diaryl/α,β-unsaturated/α-hetero) is 1. The maximum absolute atomic E-state index is 11.2. The molecule has 0 atom stereocenters. The first-order chi connectivity index (χ1) is 6.31. The molecule has 0 amide bonds. The van der Waals surface area contributed by atoms with E-state index in [1.54, 1.807) is 0 Å². The summed E-state index contributed by atoms with van der Waals surface area (Å²) in [5, 5.41) is 8.52. The Bertz CT molecular complexity index is 121.